The van der Waals surface area contributed by atoms with Crippen LogP contribution in [0.2, 0.25) is 0 Å². The summed E-state index contributed by atoms with van der Waals surface area (Å²) in [5.74, 6) is -0.240. The summed E-state index contributed by atoms with van der Waals surface area (Å²) in [5.41, 5.74) is 3.08. The van der Waals surface area contributed by atoms with Crippen molar-refractivity contribution in [2.24, 2.45) is 0 Å². The molecule has 0 saturated carbocycles. The highest BCUT2D eigenvalue weighted by atomic mass is 19.1. The maximum atomic E-state index is 13.1. The Hall–Kier alpha value is -2.47. The van der Waals surface area contributed by atoms with E-state index in [1.54, 1.807) is 18.3 Å². The number of halogens is 1. The average molecular weight is 327 g/mol. The zero-order chi connectivity index (χ0) is 16.9. The molecule has 1 aromatic carbocycles. The third-order valence-corrected chi connectivity index (χ3v) is 4.16. The van der Waals surface area contributed by atoms with E-state index >= 15 is 0 Å². The average Bonchev–Trinajstić information content (AvgIpc) is 3.22. The Morgan fingerprint density at radius 2 is 2.00 bits per heavy atom. The molecule has 1 atom stereocenters. The number of nitrogens with zero attached hydrogens (tertiary/aromatic N) is 4. The van der Waals surface area contributed by atoms with E-state index in [1.807, 2.05) is 34.7 Å². The van der Waals surface area contributed by atoms with E-state index in [0.29, 0.717) is 0 Å². The first-order chi connectivity index (χ1) is 11.6. The Balaban J connectivity index is 1.59. The number of rotatable bonds is 7. The minimum absolute atomic E-state index is 0.205. The first-order valence-corrected chi connectivity index (χ1v) is 8.16. The largest absolute Gasteiger partial charge is 0.310 e. The third-order valence-electron chi connectivity index (χ3n) is 4.16. The van der Waals surface area contributed by atoms with Crippen LogP contribution >= 0.6 is 0 Å². The second kappa shape index (κ2) is 7.40. The normalized spacial score (nSPS) is 12.5. The minimum Gasteiger partial charge on any atom is -0.310 e. The number of aromatic nitrogens is 4. The van der Waals surface area contributed by atoms with Gasteiger partial charge in [0.15, 0.2) is 0 Å². The van der Waals surface area contributed by atoms with Crippen molar-refractivity contribution in [3.8, 4) is 5.69 Å². The maximum absolute atomic E-state index is 13.1. The van der Waals surface area contributed by atoms with Crippen LogP contribution in [0.5, 0.6) is 0 Å². The highest BCUT2D eigenvalue weighted by molar-refractivity contribution is 5.35. The van der Waals surface area contributed by atoms with Gasteiger partial charge in [-0.25, -0.2) is 9.07 Å². The second-order valence-corrected chi connectivity index (χ2v) is 5.87. The van der Waals surface area contributed by atoms with Gasteiger partial charge in [-0.3, -0.25) is 4.68 Å². The van der Waals surface area contributed by atoms with Gasteiger partial charge in [-0.2, -0.15) is 10.2 Å². The molecule has 24 heavy (non-hydrogen) atoms. The van der Waals surface area contributed by atoms with Gasteiger partial charge in [-0.15, -0.1) is 0 Å². The number of benzene rings is 1. The summed E-state index contributed by atoms with van der Waals surface area (Å²) in [6.07, 6.45) is 6.66. The Morgan fingerprint density at radius 1 is 1.21 bits per heavy atom. The Bertz CT molecular complexity index is 761. The molecule has 0 amide bonds. The molecule has 0 spiro atoms. The summed E-state index contributed by atoms with van der Waals surface area (Å²) in [5, 5.41) is 12.2. The smallest absolute Gasteiger partial charge is 0.123 e. The van der Waals surface area contributed by atoms with Gasteiger partial charge in [0.05, 0.1) is 11.9 Å². The SMILES string of the molecule is Cc1c(C(C)NCCCn2cccn2)cnn1-c1ccc(F)cc1. The van der Waals surface area contributed by atoms with E-state index in [2.05, 4.69) is 22.4 Å². The first kappa shape index (κ1) is 16.4. The van der Waals surface area contributed by atoms with Gasteiger partial charge >= 0.3 is 0 Å². The van der Waals surface area contributed by atoms with Crippen LogP contribution in [0.25, 0.3) is 5.69 Å². The summed E-state index contributed by atoms with van der Waals surface area (Å²) < 4.78 is 16.8. The van der Waals surface area contributed by atoms with Gasteiger partial charge in [0, 0.05) is 36.2 Å². The molecule has 3 rings (SSSR count). The Kier molecular flexibility index (Phi) is 5.05. The molecule has 6 heteroatoms. The fourth-order valence-electron chi connectivity index (χ4n) is 2.79. The summed E-state index contributed by atoms with van der Waals surface area (Å²) in [6.45, 7) is 5.98. The lowest BCUT2D eigenvalue weighted by Crippen LogP contribution is -2.21. The maximum Gasteiger partial charge on any atom is 0.123 e. The highest BCUT2D eigenvalue weighted by Crippen LogP contribution is 2.20. The molecule has 2 aromatic heterocycles. The summed E-state index contributed by atoms with van der Waals surface area (Å²) in [7, 11) is 0. The van der Waals surface area contributed by atoms with Crippen molar-refractivity contribution in [3.05, 3.63) is 66.0 Å². The lowest BCUT2D eigenvalue weighted by molar-refractivity contribution is 0.506. The minimum atomic E-state index is -0.240. The van der Waals surface area contributed by atoms with Crippen molar-refractivity contribution >= 4 is 0 Å². The highest BCUT2D eigenvalue weighted by Gasteiger charge is 2.13. The standard InChI is InChI=1S/C18H22FN5/c1-14(20-9-3-11-23-12-4-10-21-23)18-13-22-24(15(18)2)17-7-5-16(19)6-8-17/h4-8,10,12-14,20H,3,9,11H2,1-2H3. The number of hydrogen-bond donors (Lipinski definition) is 1. The zero-order valence-electron chi connectivity index (χ0n) is 14.0. The number of nitrogens with one attached hydrogen (secondary N) is 1. The molecule has 1 unspecified atom stereocenters. The molecule has 5 nitrogen and oxygen atoms in total. The van der Waals surface area contributed by atoms with Crippen LogP contribution in [0.3, 0.4) is 0 Å². The van der Waals surface area contributed by atoms with E-state index in [1.165, 1.54) is 12.1 Å². The molecule has 0 saturated heterocycles. The van der Waals surface area contributed by atoms with Crippen LogP contribution in [0.1, 0.15) is 30.6 Å². The van der Waals surface area contributed by atoms with Gasteiger partial charge in [0.2, 0.25) is 0 Å². The van der Waals surface area contributed by atoms with E-state index in [-0.39, 0.29) is 11.9 Å². The molecule has 0 aliphatic heterocycles. The van der Waals surface area contributed by atoms with Crippen LogP contribution in [-0.4, -0.2) is 26.1 Å². The molecule has 0 aliphatic rings. The van der Waals surface area contributed by atoms with E-state index < -0.39 is 0 Å². The predicted molar refractivity (Wildman–Crippen MR) is 91.5 cm³/mol. The van der Waals surface area contributed by atoms with Crippen molar-refractivity contribution < 1.29 is 4.39 Å². The van der Waals surface area contributed by atoms with Crippen molar-refractivity contribution in [2.45, 2.75) is 32.9 Å². The van der Waals surface area contributed by atoms with Crippen molar-refractivity contribution in [3.63, 3.8) is 0 Å². The Morgan fingerprint density at radius 3 is 2.71 bits per heavy atom. The lowest BCUT2D eigenvalue weighted by Gasteiger charge is -2.14. The van der Waals surface area contributed by atoms with Gasteiger partial charge in [0.1, 0.15) is 5.82 Å². The van der Waals surface area contributed by atoms with Crippen LogP contribution in [-0.2, 0) is 6.54 Å². The zero-order valence-corrected chi connectivity index (χ0v) is 14.0. The predicted octanol–water partition coefficient (Wildman–Crippen LogP) is 3.26. The van der Waals surface area contributed by atoms with Crippen molar-refractivity contribution in [1.29, 1.82) is 0 Å². The van der Waals surface area contributed by atoms with Gasteiger partial charge < -0.3 is 5.32 Å². The molecule has 0 radical (unpaired) electrons. The topological polar surface area (TPSA) is 47.7 Å². The lowest BCUT2D eigenvalue weighted by atomic mass is 10.1. The fraction of sp³-hybridized carbons (Fsp3) is 0.333. The van der Waals surface area contributed by atoms with E-state index in [9.17, 15) is 4.39 Å². The molecule has 3 aromatic rings. The summed E-state index contributed by atoms with van der Waals surface area (Å²) in [6, 6.07) is 8.52. The Labute approximate surface area is 141 Å². The molecule has 0 fully saturated rings. The molecule has 0 aliphatic carbocycles. The molecule has 0 bridgehead atoms. The molecular weight excluding hydrogens is 305 g/mol. The number of hydrogen-bond acceptors (Lipinski definition) is 3. The monoisotopic (exact) mass is 327 g/mol. The van der Waals surface area contributed by atoms with Crippen molar-refractivity contribution in [2.75, 3.05) is 6.54 Å². The van der Waals surface area contributed by atoms with Crippen LogP contribution in [0, 0.1) is 12.7 Å². The van der Waals surface area contributed by atoms with Crippen LogP contribution < -0.4 is 5.32 Å². The van der Waals surface area contributed by atoms with Gasteiger partial charge in [-0.05, 0) is 57.1 Å². The van der Waals surface area contributed by atoms with E-state index in [4.69, 9.17) is 0 Å². The van der Waals surface area contributed by atoms with Gasteiger partial charge in [-0.1, -0.05) is 0 Å². The van der Waals surface area contributed by atoms with Gasteiger partial charge in [0.25, 0.3) is 0 Å². The molecule has 2 heterocycles. The third kappa shape index (κ3) is 3.71. The summed E-state index contributed by atoms with van der Waals surface area (Å²) in [4.78, 5) is 0. The molecule has 1 N–H and O–H groups in total. The fourth-order valence-corrected chi connectivity index (χ4v) is 2.79. The first-order valence-electron chi connectivity index (χ1n) is 8.16. The molecule has 126 valence electrons. The number of aryl methyl sites for hydroxylation is 1. The van der Waals surface area contributed by atoms with Crippen LogP contribution in [0.4, 0.5) is 4.39 Å². The second-order valence-electron chi connectivity index (χ2n) is 5.87. The van der Waals surface area contributed by atoms with Crippen molar-refractivity contribution in [1.82, 2.24) is 24.9 Å². The summed E-state index contributed by atoms with van der Waals surface area (Å²) >= 11 is 0. The molecular formula is C18H22FN5. The van der Waals surface area contributed by atoms with Crippen LogP contribution in [0.15, 0.2) is 48.9 Å². The quantitative estimate of drug-likeness (QED) is 0.678. The van der Waals surface area contributed by atoms with E-state index in [0.717, 1.165) is 36.5 Å².